The third-order valence-electron chi connectivity index (χ3n) is 4.61. The van der Waals surface area contributed by atoms with E-state index in [-0.39, 0.29) is 12.5 Å². The van der Waals surface area contributed by atoms with E-state index in [0.29, 0.717) is 36.1 Å². The van der Waals surface area contributed by atoms with E-state index in [0.717, 1.165) is 24.8 Å². The summed E-state index contributed by atoms with van der Waals surface area (Å²) in [6, 6.07) is 3.69. The van der Waals surface area contributed by atoms with E-state index >= 15 is 0 Å². The molecule has 0 aromatic carbocycles. The monoisotopic (exact) mass is 334 g/mol. The van der Waals surface area contributed by atoms with Gasteiger partial charge in [0.05, 0.1) is 12.0 Å². The van der Waals surface area contributed by atoms with Crippen LogP contribution in [0.4, 0.5) is 5.82 Å². The highest BCUT2D eigenvalue weighted by Crippen LogP contribution is 2.48. The van der Waals surface area contributed by atoms with Crippen LogP contribution in [0.3, 0.4) is 0 Å². The largest absolute Gasteiger partial charge is 0.286 e. The summed E-state index contributed by atoms with van der Waals surface area (Å²) in [7, 11) is 0. The Kier molecular flexibility index (Phi) is 6.14. The van der Waals surface area contributed by atoms with Crippen molar-refractivity contribution in [2.75, 3.05) is 12.0 Å². The molecule has 1 heterocycles. The topological polar surface area (TPSA) is 94.6 Å². The molecule has 24 heavy (non-hydrogen) atoms. The van der Waals surface area contributed by atoms with E-state index < -0.39 is 5.41 Å². The molecule has 1 aromatic heterocycles. The number of carbonyl (C=O) groups excluding carboxylic acids is 2. The second-order valence-electron chi connectivity index (χ2n) is 6.70. The summed E-state index contributed by atoms with van der Waals surface area (Å²) in [4.78, 5) is 27.5. The molecule has 1 aliphatic rings. The van der Waals surface area contributed by atoms with Crippen LogP contribution in [0.2, 0.25) is 0 Å². The first kappa shape index (κ1) is 18.2. The van der Waals surface area contributed by atoms with E-state index in [2.05, 4.69) is 22.8 Å². The lowest BCUT2D eigenvalue weighted by Crippen LogP contribution is -2.56. The van der Waals surface area contributed by atoms with Crippen molar-refractivity contribution in [3.05, 3.63) is 23.9 Å². The minimum atomic E-state index is -0.745. The van der Waals surface area contributed by atoms with Crippen LogP contribution in [0.25, 0.3) is 0 Å². The van der Waals surface area contributed by atoms with Crippen molar-refractivity contribution >= 4 is 18.1 Å². The molecule has 0 atom stereocenters. The Balaban J connectivity index is 1.96. The number of pyridine rings is 1. The van der Waals surface area contributed by atoms with Crippen molar-refractivity contribution in [2.24, 2.45) is 11.3 Å². The standard InChI is InChI=1S/C17H26N4O3/c1-3-4-5-14-9-17(10-14,11-21(24)12-22)16(23)20-19-15-8-13(2)6-7-18-15/h6-8,12,14,24H,3-5,9-11H2,1-2H3,(H,18,19)(H,20,23). The Morgan fingerprint density at radius 3 is 2.92 bits per heavy atom. The molecule has 1 aromatic rings. The Hall–Kier alpha value is -2.15. The van der Waals surface area contributed by atoms with Crippen molar-refractivity contribution < 1.29 is 14.8 Å². The molecule has 2 amide bonds. The zero-order valence-electron chi connectivity index (χ0n) is 14.3. The highest BCUT2D eigenvalue weighted by atomic mass is 16.5. The fourth-order valence-electron chi connectivity index (χ4n) is 3.33. The van der Waals surface area contributed by atoms with E-state index in [1.165, 1.54) is 0 Å². The average molecular weight is 334 g/mol. The van der Waals surface area contributed by atoms with Crippen LogP contribution in [0, 0.1) is 18.3 Å². The molecule has 0 unspecified atom stereocenters. The molecule has 7 nitrogen and oxygen atoms in total. The number of hydrogen-bond acceptors (Lipinski definition) is 5. The minimum absolute atomic E-state index is 0.00782. The molecule has 0 saturated heterocycles. The van der Waals surface area contributed by atoms with Crippen LogP contribution in [-0.4, -0.2) is 34.1 Å². The molecule has 1 aliphatic carbocycles. The lowest BCUT2D eigenvalue weighted by molar-refractivity contribution is -0.170. The number of hydrazine groups is 1. The Bertz CT molecular complexity index is 573. The Labute approximate surface area is 142 Å². The van der Waals surface area contributed by atoms with Crippen LogP contribution in [0.1, 0.15) is 44.6 Å². The number of amides is 2. The van der Waals surface area contributed by atoms with E-state index in [4.69, 9.17) is 0 Å². The summed E-state index contributed by atoms with van der Waals surface area (Å²) in [5, 5.41) is 10.1. The van der Waals surface area contributed by atoms with Crippen molar-refractivity contribution in [2.45, 2.75) is 46.0 Å². The van der Waals surface area contributed by atoms with Gasteiger partial charge in [-0.3, -0.25) is 25.6 Å². The number of aryl methyl sites for hydroxylation is 1. The molecule has 1 saturated carbocycles. The van der Waals surface area contributed by atoms with Crippen LogP contribution >= 0.6 is 0 Å². The number of hydrogen-bond donors (Lipinski definition) is 3. The molecule has 7 heteroatoms. The van der Waals surface area contributed by atoms with Gasteiger partial charge in [0.15, 0.2) is 0 Å². The molecule has 0 aliphatic heterocycles. The SMILES string of the molecule is CCCCC1CC(CN(O)C=O)(C(=O)NNc2cc(C)ccn2)C1. The Morgan fingerprint density at radius 1 is 1.54 bits per heavy atom. The van der Waals surface area contributed by atoms with Crippen molar-refractivity contribution in [3.8, 4) is 0 Å². The quantitative estimate of drug-likeness (QED) is 0.366. The van der Waals surface area contributed by atoms with E-state index in [1.54, 1.807) is 6.20 Å². The smallest absolute Gasteiger partial charge is 0.246 e. The summed E-state index contributed by atoms with van der Waals surface area (Å²) < 4.78 is 0. The van der Waals surface area contributed by atoms with Crippen molar-refractivity contribution in [1.82, 2.24) is 15.5 Å². The average Bonchev–Trinajstić information content (AvgIpc) is 2.54. The van der Waals surface area contributed by atoms with Gasteiger partial charge in [0, 0.05) is 6.20 Å². The van der Waals surface area contributed by atoms with Gasteiger partial charge in [-0.1, -0.05) is 26.2 Å². The Morgan fingerprint density at radius 2 is 2.29 bits per heavy atom. The fraction of sp³-hybridized carbons (Fsp3) is 0.588. The van der Waals surface area contributed by atoms with Crippen LogP contribution < -0.4 is 10.9 Å². The lowest BCUT2D eigenvalue weighted by Gasteiger charge is -2.47. The van der Waals surface area contributed by atoms with Gasteiger partial charge in [-0.25, -0.2) is 10.0 Å². The van der Waals surface area contributed by atoms with Gasteiger partial charge in [0.2, 0.25) is 12.3 Å². The number of unbranched alkanes of at least 4 members (excludes halogenated alkanes) is 1. The normalized spacial score (nSPS) is 22.4. The zero-order valence-corrected chi connectivity index (χ0v) is 14.3. The van der Waals surface area contributed by atoms with Gasteiger partial charge < -0.3 is 0 Å². The van der Waals surface area contributed by atoms with Crippen LogP contribution in [-0.2, 0) is 9.59 Å². The highest BCUT2D eigenvalue weighted by Gasteiger charge is 2.50. The fourth-order valence-corrected chi connectivity index (χ4v) is 3.33. The summed E-state index contributed by atoms with van der Waals surface area (Å²) in [5.74, 6) is 0.795. The lowest BCUT2D eigenvalue weighted by atomic mass is 9.60. The van der Waals surface area contributed by atoms with Crippen LogP contribution in [0.15, 0.2) is 18.3 Å². The van der Waals surface area contributed by atoms with Gasteiger partial charge in [-0.2, -0.15) is 0 Å². The maximum Gasteiger partial charge on any atom is 0.246 e. The highest BCUT2D eigenvalue weighted by molar-refractivity contribution is 5.85. The number of nitrogens with zero attached hydrogens (tertiary/aromatic N) is 2. The molecule has 1 fully saturated rings. The van der Waals surface area contributed by atoms with Crippen LogP contribution in [0.5, 0.6) is 0 Å². The first-order chi connectivity index (χ1) is 11.5. The molecular formula is C17H26N4O3. The minimum Gasteiger partial charge on any atom is -0.286 e. The molecule has 132 valence electrons. The number of anilines is 1. The van der Waals surface area contributed by atoms with Gasteiger partial charge in [0.25, 0.3) is 0 Å². The molecule has 0 spiro atoms. The van der Waals surface area contributed by atoms with Gasteiger partial charge in [-0.15, -0.1) is 0 Å². The predicted molar refractivity (Wildman–Crippen MR) is 90.0 cm³/mol. The van der Waals surface area contributed by atoms with Crippen molar-refractivity contribution in [3.63, 3.8) is 0 Å². The summed E-state index contributed by atoms with van der Waals surface area (Å²) in [5.41, 5.74) is 5.76. The molecular weight excluding hydrogens is 308 g/mol. The zero-order chi connectivity index (χ0) is 17.6. The molecule has 0 bridgehead atoms. The second kappa shape index (κ2) is 8.10. The third kappa shape index (κ3) is 4.44. The van der Waals surface area contributed by atoms with E-state index in [1.807, 2.05) is 19.1 Å². The second-order valence-corrected chi connectivity index (χ2v) is 6.70. The maximum absolute atomic E-state index is 12.6. The summed E-state index contributed by atoms with van der Waals surface area (Å²) in [6.07, 6.45) is 6.67. The first-order valence-corrected chi connectivity index (χ1v) is 8.39. The van der Waals surface area contributed by atoms with Gasteiger partial charge in [0.1, 0.15) is 5.82 Å². The summed E-state index contributed by atoms with van der Waals surface area (Å²) in [6.45, 7) is 4.08. The molecule has 3 N–H and O–H groups in total. The number of hydroxylamine groups is 2. The number of nitrogens with one attached hydrogen (secondary N) is 2. The number of rotatable bonds is 9. The summed E-state index contributed by atoms with van der Waals surface area (Å²) >= 11 is 0. The van der Waals surface area contributed by atoms with Gasteiger partial charge >= 0.3 is 0 Å². The predicted octanol–water partition coefficient (Wildman–Crippen LogP) is 2.27. The number of carbonyl (C=O) groups is 2. The number of aromatic nitrogens is 1. The van der Waals surface area contributed by atoms with E-state index in [9.17, 15) is 14.8 Å². The van der Waals surface area contributed by atoms with Gasteiger partial charge in [-0.05, 0) is 43.4 Å². The molecule has 0 radical (unpaired) electrons. The molecule has 2 rings (SSSR count). The first-order valence-electron chi connectivity index (χ1n) is 8.39. The third-order valence-corrected chi connectivity index (χ3v) is 4.61. The maximum atomic E-state index is 12.6. The van der Waals surface area contributed by atoms with Crippen molar-refractivity contribution in [1.29, 1.82) is 0 Å².